The van der Waals surface area contributed by atoms with Gasteiger partial charge in [0.1, 0.15) is 6.04 Å². The second kappa shape index (κ2) is 8.98. The standard InChI is InChI=1S/C21H23N3O3/c25-19(24-18-8-4-5-13-22-21(18)27)14-23-20(26)17-11-9-16(10-12-17)15-6-2-1-3-7-15/h1-3,6-7,9-12,18H,4-5,8,13-14H2,(H,22,27)(H,23,26)(H,24,25)/t18-/m0/s1. The van der Waals surface area contributed by atoms with Gasteiger partial charge in [-0.25, -0.2) is 0 Å². The van der Waals surface area contributed by atoms with Crippen molar-refractivity contribution in [3.8, 4) is 11.1 Å². The Morgan fingerprint density at radius 1 is 0.963 bits per heavy atom. The van der Waals surface area contributed by atoms with Crippen molar-refractivity contribution in [3.05, 3.63) is 60.2 Å². The van der Waals surface area contributed by atoms with Crippen molar-refractivity contribution >= 4 is 17.7 Å². The molecule has 0 bridgehead atoms. The first-order valence-electron chi connectivity index (χ1n) is 9.14. The Morgan fingerprint density at radius 2 is 1.67 bits per heavy atom. The van der Waals surface area contributed by atoms with Gasteiger partial charge in [0.25, 0.3) is 5.91 Å². The van der Waals surface area contributed by atoms with Crippen molar-refractivity contribution < 1.29 is 14.4 Å². The molecule has 1 saturated heterocycles. The van der Waals surface area contributed by atoms with Crippen molar-refractivity contribution in [1.29, 1.82) is 0 Å². The van der Waals surface area contributed by atoms with Gasteiger partial charge in [-0.05, 0) is 42.5 Å². The minimum Gasteiger partial charge on any atom is -0.354 e. The van der Waals surface area contributed by atoms with Gasteiger partial charge in [-0.1, -0.05) is 42.5 Å². The van der Waals surface area contributed by atoms with E-state index >= 15 is 0 Å². The molecule has 1 fully saturated rings. The van der Waals surface area contributed by atoms with E-state index in [0.717, 1.165) is 24.0 Å². The van der Waals surface area contributed by atoms with Crippen LogP contribution in [0.1, 0.15) is 29.6 Å². The topological polar surface area (TPSA) is 87.3 Å². The van der Waals surface area contributed by atoms with Gasteiger partial charge in [0.2, 0.25) is 11.8 Å². The van der Waals surface area contributed by atoms with E-state index in [2.05, 4.69) is 16.0 Å². The van der Waals surface area contributed by atoms with Crippen LogP contribution in [0.2, 0.25) is 0 Å². The molecule has 0 unspecified atom stereocenters. The maximum absolute atomic E-state index is 12.2. The summed E-state index contributed by atoms with van der Waals surface area (Å²) in [5.74, 6) is -0.856. The number of carbonyl (C=O) groups excluding carboxylic acids is 3. The molecule has 1 aliphatic heterocycles. The lowest BCUT2D eigenvalue weighted by Gasteiger charge is -2.15. The average Bonchev–Trinajstić information content (AvgIpc) is 2.91. The molecule has 3 rings (SSSR count). The molecule has 1 heterocycles. The fraction of sp³-hybridized carbons (Fsp3) is 0.286. The number of nitrogens with one attached hydrogen (secondary N) is 3. The first-order chi connectivity index (χ1) is 13.1. The van der Waals surface area contributed by atoms with Gasteiger partial charge >= 0.3 is 0 Å². The highest BCUT2D eigenvalue weighted by Gasteiger charge is 2.22. The molecule has 0 radical (unpaired) electrons. The predicted molar refractivity (Wildman–Crippen MR) is 103 cm³/mol. The van der Waals surface area contributed by atoms with Crippen LogP contribution in [-0.2, 0) is 9.59 Å². The third-order valence-corrected chi connectivity index (χ3v) is 4.53. The molecule has 1 aliphatic rings. The third kappa shape index (κ3) is 5.17. The Hall–Kier alpha value is -3.15. The second-order valence-electron chi connectivity index (χ2n) is 6.53. The highest BCUT2D eigenvalue weighted by Crippen LogP contribution is 2.19. The molecule has 27 heavy (non-hydrogen) atoms. The summed E-state index contributed by atoms with van der Waals surface area (Å²) >= 11 is 0. The molecule has 0 saturated carbocycles. The molecule has 2 aromatic rings. The molecule has 0 aliphatic carbocycles. The number of carbonyl (C=O) groups is 3. The zero-order valence-corrected chi connectivity index (χ0v) is 15.0. The van der Waals surface area contributed by atoms with Crippen LogP contribution in [0.3, 0.4) is 0 Å². The Morgan fingerprint density at radius 3 is 2.41 bits per heavy atom. The average molecular weight is 365 g/mol. The Labute approximate surface area is 158 Å². The highest BCUT2D eigenvalue weighted by atomic mass is 16.2. The van der Waals surface area contributed by atoms with E-state index in [4.69, 9.17) is 0 Å². The Kier molecular flexibility index (Phi) is 6.20. The Bertz CT molecular complexity index is 803. The van der Waals surface area contributed by atoms with E-state index in [-0.39, 0.29) is 24.3 Å². The Balaban J connectivity index is 1.51. The van der Waals surface area contributed by atoms with Crippen molar-refractivity contribution in [1.82, 2.24) is 16.0 Å². The SMILES string of the molecule is O=C(CNC(=O)c1ccc(-c2ccccc2)cc1)N[C@H]1CCCCNC1=O. The van der Waals surface area contributed by atoms with Gasteiger partial charge in [-0.3, -0.25) is 14.4 Å². The minimum atomic E-state index is -0.526. The molecule has 6 nitrogen and oxygen atoms in total. The zero-order valence-electron chi connectivity index (χ0n) is 15.0. The summed E-state index contributed by atoms with van der Waals surface area (Å²) in [7, 11) is 0. The summed E-state index contributed by atoms with van der Waals surface area (Å²) < 4.78 is 0. The third-order valence-electron chi connectivity index (χ3n) is 4.53. The fourth-order valence-corrected chi connectivity index (χ4v) is 3.03. The number of benzene rings is 2. The van der Waals surface area contributed by atoms with Crippen LogP contribution < -0.4 is 16.0 Å². The second-order valence-corrected chi connectivity index (χ2v) is 6.53. The molecular weight excluding hydrogens is 342 g/mol. The van der Waals surface area contributed by atoms with Gasteiger partial charge in [0, 0.05) is 12.1 Å². The van der Waals surface area contributed by atoms with Gasteiger partial charge in [-0.2, -0.15) is 0 Å². The zero-order chi connectivity index (χ0) is 19.1. The van der Waals surface area contributed by atoms with E-state index in [1.165, 1.54) is 0 Å². The van der Waals surface area contributed by atoms with E-state index < -0.39 is 6.04 Å². The van der Waals surface area contributed by atoms with Gasteiger partial charge < -0.3 is 16.0 Å². The summed E-state index contributed by atoms with van der Waals surface area (Å²) in [5, 5.41) is 8.04. The van der Waals surface area contributed by atoms with E-state index in [9.17, 15) is 14.4 Å². The van der Waals surface area contributed by atoms with Gasteiger partial charge in [0.15, 0.2) is 0 Å². The van der Waals surface area contributed by atoms with Crippen molar-refractivity contribution in [2.24, 2.45) is 0 Å². The van der Waals surface area contributed by atoms with Crippen molar-refractivity contribution in [2.45, 2.75) is 25.3 Å². The predicted octanol–water partition coefficient (Wildman–Crippen LogP) is 1.87. The maximum Gasteiger partial charge on any atom is 0.251 e. The molecule has 3 N–H and O–H groups in total. The number of rotatable bonds is 5. The normalized spacial score (nSPS) is 16.7. The summed E-state index contributed by atoms with van der Waals surface area (Å²) in [6, 6.07) is 16.6. The maximum atomic E-state index is 12.2. The van der Waals surface area contributed by atoms with Crippen LogP contribution in [0, 0.1) is 0 Å². The van der Waals surface area contributed by atoms with Crippen LogP contribution in [0.15, 0.2) is 54.6 Å². The molecule has 0 aromatic heterocycles. The van der Waals surface area contributed by atoms with Crippen LogP contribution in [0.4, 0.5) is 0 Å². The van der Waals surface area contributed by atoms with Crippen LogP contribution in [-0.4, -0.2) is 36.9 Å². The molecule has 0 spiro atoms. The van der Waals surface area contributed by atoms with E-state index in [0.29, 0.717) is 18.5 Å². The highest BCUT2D eigenvalue weighted by molar-refractivity contribution is 5.97. The van der Waals surface area contributed by atoms with E-state index in [1.807, 2.05) is 42.5 Å². The molecule has 1 atom stereocenters. The smallest absolute Gasteiger partial charge is 0.251 e. The molecule has 6 heteroatoms. The fourth-order valence-electron chi connectivity index (χ4n) is 3.03. The number of hydrogen-bond donors (Lipinski definition) is 3. The van der Waals surface area contributed by atoms with Crippen LogP contribution in [0.25, 0.3) is 11.1 Å². The lowest BCUT2D eigenvalue weighted by atomic mass is 10.0. The minimum absolute atomic E-state index is 0.163. The lowest BCUT2D eigenvalue weighted by molar-refractivity contribution is -0.128. The van der Waals surface area contributed by atoms with Crippen molar-refractivity contribution in [2.75, 3.05) is 13.1 Å². The van der Waals surface area contributed by atoms with Gasteiger partial charge in [0.05, 0.1) is 6.54 Å². The van der Waals surface area contributed by atoms with E-state index in [1.54, 1.807) is 12.1 Å². The molecule has 2 aromatic carbocycles. The largest absolute Gasteiger partial charge is 0.354 e. The first kappa shape index (κ1) is 18.6. The number of amides is 3. The monoisotopic (exact) mass is 365 g/mol. The summed E-state index contributed by atoms with van der Waals surface area (Å²) in [6.45, 7) is 0.476. The van der Waals surface area contributed by atoms with Crippen LogP contribution >= 0.6 is 0 Å². The summed E-state index contributed by atoms with van der Waals surface area (Å²) in [5.41, 5.74) is 2.57. The molecule has 140 valence electrons. The van der Waals surface area contributed by atoms with Crippen molar-refractivity contribution in [3.63, 3.8) is 0 Å². The summed E-state index contributed by atoms with van der Waals surface area (Å²) in [4.78, 5) is 36.1. The van der Waals surface area contributed by atoms with Crippen LogP contribution in [0.5, 0.6) is 0 Å². The molecule has 3 amide bonds. The molecular formula is C21H23N3O3. The first-order valence-corrected chi connectivity index (χ1v) is 9.14. The summed E-state index contributed by atoms with van der Waals surface area (Å²) in [6.07, 6.45) is 2.41. The number of hydrogen-bond acceptors (Lipinski definition) is 3. The van der Waals surface area contributed by atoms with Gasteiger partial charge in [-0.15, -0.1) is 0 Å². The quantitative estimate of drug-likeness (QED) is 0.756. The lowest BCUT2D eigenvalue weighted by Crippen LogP contribution is -2.48.